The number of amides is 1. The number of benzene rings is 1. The van der Waals surface area contributed by atoms with Crippen molar-refractivity contribution in [1.82, 2.24) is 10.3 Å². The predicted molar refractivity (Wildman–Crippen MR) is 77.2 cm³/mol. The second-order valence-corrected chi connectivity index (χ2v) is 5.44. The van der Waals surface area contributed by atoms with Gasteiger partial charge in [-0.15, -0.1) is 0 Å². The van der Waals surface area contributed by atoms with Gasteiger partial charge in [-0.05, 0) is 45.8 Å². The van der Waals surface area contributed by atoms with Crippen molar-refractivity contribution in [3.05, 3.63) is 62.8 Å². The number of aromatic nitrogens is 1. The number of rotatable bonds is 3. The molecule has 5 heteroatoms. The van der Waals surface area contributed by atoms with Crippen molar-refractivity contribution in [1.29, 1.82) is 0 Å². The quantitative estimate of drug-likeness (QED) is 0.899. The molecule has 0 saturated carbocycles. The van der Waals surface area contributed by atoms with Crippen molar-refractivity contribution in [3.8, 4) is 0 Å². The van der Waals surface area contributed by atoms with Gasteiger partial charge in [0.25, 0.3) is 5.91 Å². The first-order valence-corrected chi connectivity index (χ1v) is 6.87. The van der Waals surface area contributed by atoms with Crippen LogP contribution in [-0.2, 0) is 6.54 Å². The Kier molecular flexibility index (Phi) is 4.49. The Morgan fingerprint density at radius 3 is 2.83 bits per heavy atom. The first kappa shape index (κ1) is 13.2. The van der Waals surface area contributed by atoms with Gasteiger partial charge < -0.3 is 5.32 Å². The van der Waals surface area contributed by atoms with Crippen LogP contribution in [0.3, 0.4) is 0 Å². The molecule has 18 heavy (non-hydrogen) atoms. The minimum Gasteiger partial charge on any atom is -0.348 e. The number of nitrogens with one attached hydrogen (secondary N) is 1. The van der Waals surface area contributed by atoms with Crippen molar-refractivity contribution in [2.75, 3.05) is 0 Å². The Bertz CT molecular complexity index is 558. The molecule has 2 rings (SSSR count). The predicted octanol–water partition coefficient (Wildman–Crippen LogP) is 3.54. The molecule has 0 bridgehead atoms. The van der Waals surface area contributed by atoms with E-state index in [9.17, 15) is 4.79 Å². The molecule has 1 amide bonds. The van der Waals surface area contributed by atoms with Crippen LogP contribution in [0, 0.1) is 0 Å². The van der Waals surface area contributed by atoms with E-state index in [1.165, 1.54) is 0 Å². The molecule has 1 heterocycles. The lowest BCUT2D eigenvalue weighted by molar-refractivity contribution is 0.0950. The lowest BCUT2D eigenvalue weighted by atomic mass is 10.2. The molecule has 0 aliphatic carbocycles. The van der Waals surface area contributed by atoms with Gasteiger partial charge in [0.1, 0.15) is 0 Å². The first-order valence-electron chi connectivity index (χ1n) is 5.29. The second-order valence-electron chi connectivity index (χ2n) is 3.67. The van der Waals surface area contributed by atoms with Crippen molar-refractivity contribution >= 4 is 37.8 Å². The standard InChI is InChI=1S/C13H10Br2N2O/c14-10-3-4-12(15)11(6-10)13(18)17-8-9-2-1-5-16-7-9/h1-7H,8H2,(H,17,18). The fourth-order valence-electron chi connectivity index (χ4n) is 1.45. The highest BCUT2D eigenvalue weighted by molar-refractivity contribution is 9.11. The molecule has 3 nitrogen and oxygen atoms in total. The molecule has 0 unspecified atom stereocenters. The molecule has 0 saturated heterocycles. The van der Waals surface area contributed by atoms with Crippen LogP contribution >= 0.6 is 31.9 Å². The van der Waals surface area contributed by atoms with Gasteiger partial charge in [-0.25, -0.2) is 0 Å². The van der Waals surface area contributed by atoms with Crippen LogP contribution in [0.5, 0.6) is 0 Å². The molecule has 1 N–H and O–H groups in total. The molecule has 0 aliphatic heterocycles. The van der Waals surface area contributed by atoms with E-state index in [1.807, 2.05) is 24.3 Å². The molecule has 2 aromatic rings. The molecule has 0 atom stereocenters. The summed E-state index contributed by atoms with van der Waals surface area (Å²) < 4.78 is 1.65. The highest BCUT2D eigenvalue weighted by Crippen LogP contribution is 2.21. The zero-order chi connectivity index (χ0) is 13.0. The van der Waals surface area contributed by atoms with E-state index in [0.29, 0.717) is 12.1 Å². The third-order valence-corrected chi connectivity index (χ3v) is 3.53. The van der Waals surface area contributed by atoms with E-state index < -0.39 is 0 Å². The summed E-state index contributed by atoms with van der Waals surface area (Å²) in [5, 5.41) is 2.85. The van der Waals surface area contributed by atoms with E-state index in [-0.39, 0.29) is 5.91 Å². The Hall–Kier alpha value is -1.20. The minimum absolute atomic E-state index is 0.118. The third-order valence-electron chi connectivity index (χ3n) is 2.35. The molecule has 92 valence electrons. The summed E-state index contributed by atoms with van der Waals surface area (Å²) >= 11 is 6.71. The molecular weight excluding hydrogens is 360 g/mol. The average molecular weight is 370 g/mol. The molecular formula is C13H10Br2N2O. The molecule has 0 fully saturated rings. The number of hydrogen-bond acceptors (Lipinski definition) is 2. The number of halogens is 2. The number of carbonyl (C=O) groups excluding carboxylic acids is 1. The van der Waals surface area contributed by atoms with Gasteiger partial charge in [0, 0.05) is 27.9 Å². The van der Waals surface area contributed by atoms with Crippen LogP contribution in [-0.4, -0.2) is 10.9 Å². The van der Waals surface area contributed by atoms with Gasteiger partial charge in [0.05, 0.1) is 5.56 Å². The number of hydrogen-bond donors (Lipinski definition) is 1. The first-order chi connectivity index (χ1) is 8.66. The normalized spacial score (nSPS) is 10.1. The maximum atomic E-state index is 12.0. The molecule has 1 aromatic carbocycles. The van der Waals surface area contributed by atoms with Crippen LogP contribution in [0.15, 0.2) is 51.7 Å². The van der Waals surface area contributed by atoms with Crippen LogP contribution < -0.4 is 5.32 Å². The zero-order valence-electron chi connectivity index (χ0n) is 9.36. The van der Waals surface area contributed by atoms with E-state index in [0.717, 1.165) is 14.5 Å². The summed E-state index contributed by atoms with van der Waals surface area (Å²) in [6.45, 7) is 0.464. The maximum absolute atomic E-state index is 12.0. The van der Waals surface area contributed by atoms with E-state index in [1.54, 1.807) is 18.5 Å². The lowest BCUT2D eigenvalue weighted by Crippen LogP contribution is -2.23. The second kappa shape index (κ2) is 6.11. The Balaban J connectivity index is 2.06. The molecule has 0 aliphatic rings. The number of carbonyl (C=O) groups is 1. The SMILES string of the molecule is O=C(NCc1cccnc1)c1cc(Br)ccc1Br. The summed E-state index contributed by atoms with van der Waals surface area (Å²) in [6.07, 6.45) is 3.44. The van der Waals surface area contributed by atoms with Gasteiger partial charge >= 0.3 is 0 Å². The van der Waals surface area contributed by atoms with Crippen molar-refractivity contribution in [2.24, 2.45) is 0 Å². The third kappa shape index (κ3) is 3.40. The number of pyridine rings is 1. The van der Waals surface area contributed by atoms with Crippen molar-refractivity contribution in [2.45, 2.75) is 6.54 Å². The largest absolute Gasteiger partial charge is 0.348 e. The summed E-state index contributed by atoms with van der Waals surface area (Å²) in [6, 6.07) is 9.26. The topological polar surface area (TPSA) is 42.0 Å². The Morgan fingerprint density at radius 1 is 1.28 bits per heavy atom. The van der Waals surface area contributed by atoms with Gasteiger partial charge in [-0.3, -0.25) is 9.78 Å². The summed E-state index contributed by atoms with van der Waals surface area (Å²) in [5.41, 5.74) is 1.57. The fourth-order valence-corrected chi connectivity index (χ4v) is 2.24. The van der Waals surface area contributed by atoms with E-state index in [4.69, 9.17) is 0 Å². The minimum atomic E-state index is -0.118. The summed E-state index contributed by atoms with van der Waals surface area (Å²) in [7, 11) is 0. The van der Waals surface area contributed by atoms with E-state index >= 15 is 0 Å². The maximum Gasteiger partial charge on any atom is 0.252 e. The average Bonchev–Trinajstić information content (AvgIpc) is 2.40. The van der Waals surface area contributed by atoms with Gasteiger partial charge in [0.2, 0.25) is 0 Å². The van der Waals surface area contributed by atoms with Crippen molar-refractivity contribution in [3.63, 3.8) is 0 Å². The van der Waals surface area contributed by atoms with Crippen molar-refractivity contribution < 1.29 is 4.79 Å². The molecule has 1 aromatic heterocycles. The van der Waals surface area contributed by atoms with Crippen LogP contribution in [0.2, 0.25) is 0 Å². The van der Waals surface area contributed by atoms with Crippen LogP contribution in [0.1, 0.15) is 15.9 Å². The fraction of sp³-hybridized carbons (Fsp3) is 0.0769. The summed E-state index contributed by atoms with van der Waals surface area (Å²) in [5.74, 6) is -0.118. The lowest BCUT2D eigenvalue weighted by Gasteiger charge is -2.07. The zero-order valence-corrected chi connectivity index (χ0v) is 12.5. The Morgan fingerprint density at radius 2 is 2.11 bits per heavy atom. The van der Waals surface area contributed by atoms with Gasteiger partial charge in [-0.1, -0.05) is 22.0 Å². The van der Waals surface area contributed by atoms with Gasteiger partial charge in [-0.2, -0.15) is 0 Å². The van der Waals surface area contributed by atoms with E-state index in [2.05, 4.69) is 42.2 Å². The molecule has 0 radical (unpaired) electrons. The Labute approximate surface area is 122 Å². The summed E-state index contributed by atoms with van der Waals surface area (Å²) in [4.78, 5) is 16.0. The van der Waals surface area contributed by atoms with Crippen LogP contribution in [0.4, 0.5) is 0 Å². The highest BCUT2D eigenvalue weighted by atomic mass is 79.9. The highest BCUT2D eigenvalue weighted by Gasteiger charge is 2.10. The van der Waals surface area contributed by atoms with Crippen LogP contribution in [0.25, 0.3) is 0 Å². The van der Waals surface area contributed by atoms with Gasteiger partial charge in [0.15, 0.2) is 0 Å². The molecule has 0 spiro atoms. The smallest absolute Gasteiger partial charge is 0.252 e. The number of nitrogens with zero attached hydrogens (tertiary/aromatic N) is 1. The monoisotopic (exact) mass is 368 g/mol.